The first-order valence-electron chi connectivity index (χ1n) is 7.35. The number of benzene rings is 1. The molecule has 1 amide bonds. The summed E-state index contributed by atoms with van der Waals surface area (Å²) in [5, 5.41) is 3.38. The zero-order chi connectivity index (χ0) is 14.9. The Morgan fingerprint density at radius 2 is 2.05 bits per heavy atom. The van der Waals surface area contributed by atoms with Crippen molar-refractivity contribution < 1.29 is 9.53 Å². The van der Waals surface area contributed by atoms with E-state index in [1.165, 1.54) is 15.6 Å². The van der Waals surface area contributed by atoms with Gasteiger partial charge in [-0.2, -0.15) is 0 Å². The molecule has 5 heteroatoms. The molecule has 3 aromatic rings. The van der Waals surface area contributed by atoms with Crippen molar-refractivity contribution in [1.82, 2.24) is 9.88 Å². The second-order valence-electron chi connectivity index (χ2n) is 5.35. The van der Waals surface area contributed by atoms with E-state index in [4.69, 9.17) is 4.74 Å². The number of thiophene rings is 1. The Hall–Kier alpha value is -2.11. The number of ether oxygens (including phenoxy) is 1. The lowest BCUT2D eigenvalue weighted by molar-refractivity contribution is 0.0299. The number of nitrogens with one attached hydrogen (secondary N) is 1. The summed E-state index contributed by atoms with van der Waals surface area (Å²) in [6, 6.07) is 10.3. The number of H-pyrrole nitrogens is 1. The van der Waals surface area contributed by atoms with E-state index in [1.54, 1.807) is 11.3 Å². The summed E-state index contributed by atoms with van der Waals surface area (Å²) < 4.78 is 6.56. The lowest BCUT2D eigenvalue weighted by atomic mass is 10.1. The van der Waals surface area contributed by atoms with Crippen LogP contribution in [0.2, 0.25) is 0 Å². The average molecular weight is 312 g/mol. The number of fused-ring (bicyclic) bond motifs is 1. The molecule has 0 saturated carbocycles. The van der Waals surface area contributed by atoms with Crippen LogP contribution in [0.3, 0.4) is 0 Å². The van der Waals surface area contributed by atoms with Crippen molar-refractivity contribution >= 4 is 27.3 Å². The summed E-state index contributed by atoms with van der Waals surface area (Å²) >= 11 is 1.73. The average Bonchev–Trinajstić information content (AvgIpc) is 3.21. The van der Waals surface area contributed by atoms with Crippen LogP contribution in [-0.4, -0.2) is 42.1 Å². The van der Waals surface area contributed by atoms with Crippen molar-refractivity contribution in [2.75, 3.05) is 26.3 Å². The molecule has 1 aromatic carbocycles. The minimum absolute atomic E-state index is 0.0501. The third-order valence-electron chi connectivity index (χ3n) is 4.00. The number of nitrogens with zero attached hydrogens (tertiary/aromatic N) is 1. The summed E-state index contributed by atoms with van der Waals surface area (Å²) in [6.45, 7) is 2.56. The third kappa shape index (κ3) is 2.32. The van der Waals surface area contributed by atoms with Gasteiger partial charge in [0.2, 0.25) is 0 Å². The smallest absolute Gasteiger partial charge is 0.270 e. The molecule has 0 bridgehead atoms. The maximum Gasteiger partial charge on any atom is 0.270 e. The molecule has 0 radical (unpaired) electrons. The first-order valence-corrected chi connectivity index (χ1v) is 8.23. The number of aromatic amines is 1. The van der Waals surface area contributed by atoms with Crippen LogP contribution in [0.25, 0.3) is 21.2 Å². The van der Waals surface area contributed by atoms with Gasteiger partial charge in [-0.05, 0) is 17.5 Å². The first kappa shape index (κ1) is 13.5. The van der Waals surface area contributed by atoms with Crippen LogP contribution in [0.5, 0.6) is 0 Å². The van der Waals surface area contributed by atoms with Crippen LogP contribution in [0, 0.1) is 0 Å². The molecule has 4 nitrogen and oxygen atoms in total. The van der Waals surface area contributed by atoms with Gasteiger partial charge in [-0.1, -0.05) is 18.2 Å². The van der Waals surface area contributed by atoms with Crippen LogP contribution >= 0.6 is 11.3 Å². The Kier molecular flexibility index (Phi) is 3.44. The van der Waals surface area contributed by atoms with E-state index in [0.29, 0.717) is 32.0 Å². The van der Waals surface area contributed by atoms with E-state index in [9.17, 15) is 4.79 Å². The summed E-state index contributed by atoms with van der Waals surface area (Å²) in [5.74, 6) is 0.0501. The van der Waals surface area contributed by atoms with Gasteiger partial charge < -0.3 is 14.6 Å². The highest BCUT2D eigenvalue weighted by molar-refractivity contribution is 7.17. The topological polar surface area (TPSA) is 45.3 Å². The van der Waals surface area contributed by atoms with Gasteiger partial charge in [0.1, 0.15) is 5.69 Å². The fourth-order valence-corrected chi connectivity index (χ4v) is 3.78. The number of carbonyl (C=O) groups is 1. The third-order valence-corrected chi connectivity index (χ3v) is 4.97. The normalized spacial score (nSPS) is 15.4. The summed E-state index contributed by atoms with van der Waals surface area (Å²) in [5.41, 5.74) is 2.89. The highest BCUT2D eigenvalue weighted by atomic mass is 32.1. The zero-order valence-electron chi connectivity index (χ0n) is 12.0. The lowest BCUT2D eigenvalue weighted by Crippen LogP contribution is -2.40. The van der Waals surface area contributed by atoms with Crippen molar-refractivity contribution in [2.24, 2.45) is 0 Å². The maximum absolute atomic E-state index is 12.5. The Morgan fingerprint density at radius 1 is 1.23 bits per heavy atom. The Morgan fingerprint density at radius 3 is 2.91 bits per heavy atom. The lowest BCUT2D eigenvalue weighted by Gasteiger charge is -2.26. The van der Waals surface area contributed by atoms with Gasteiger partial charge in [-0.15, -0.1) is 11.3 Å². The SMILES string of the molecule is O=C(c1cc(-c2csc3ccccc23)c[nH]1)N1CCOCC1. The van der Waals surface area contributed by atoms with Gasteiger partial charge in [0.15, 0.2) is 0 Å². The van der Waals surface area contributed by atoms with Crippen molar-refractivity contribution in [3.8, 4) is 11.1 Å². The molecule has 22 heavy (non-hydrogen) atoms. The van der Waals surface area contributed by atoms with E-state index < -0.39 is 0 Å². The van der Waals surface area contributed by atoms with E-state index in [0.717, 1.165) is 5.56 Å². The summed E-state index contributed by atoms with van der Waals surface area (Å²) in [7, 11) is 0. The van der Waals surface area contributed by atoms with Gasteiger partial charge in [-0.25, -0.2) is 0 Å². The molecule has 1 aliphatic heterocycles. The van der Waals surface area contributed by atoms with Crippen molar-refractivity contribution in [1.29, 1.82) is 0 Å². The molecule has 112 valence electrons. The molecule has 0 spiro atoms. The predicted molar refractivity (Wildman–Crippen MR) is 88.3 cm³/mol. The largest absolute Gasteiger partial charge is 0.378 e. The minimum atomic E-state index is 0.0501. The van der Waals surface area contributed by atoms with Crippen LogP contribution in [0.1, 0.15) is 10.5 Å². The highest BCUT2D eigenvalue weighted by Gasteiger charge is 2.20. The summed E-state index contributed by atoms with van der Waals surface area (Å²) in [4.78, 5) is 17.5. The van der Waals surface area contributed by atoms with E-state index >= 15 is 0 Å². The first-order chi connectivity index (χ1) is 10.8. The highest BCUT2D eigenvalue weighted by Crippen LogP contribution is 2.34. The molecule has 1 N–H and O–H groups in total. The standard InChI is InChI=1S/C17H16N2O2S/c20-17(19-5-7-21-8-6-19)15-9-12(10-18-15)14-11-22-16-4-2-1-3-13(14)16/h1-4,9-11,18H,5-8H2. The number of amides is 1. The number of morpholine rings is 1. The molecule has 3 heterocycles. The number of carbonyl (C=O) groups excluding carboxylic acids is 1. The van der Waals surface area contributed by atoms with Crippen LogP contribution in [0.15, 0.2) is 41.9 Å². The molecule has 0 unspecified atom stereocenters. The minimum Gasteiger partial charge on any atom is -0.378 e. The van der Waals surface area contributed by atoms with Crippen molar-refractivity contribution in [3.05, 3.63) is 47.6 Å². The summed E-state index contributed by atoms with van der Waals surface area (Å²) in [6.07, 6.45) is 1.92. The zero-order valence-corrected chi connectivity index (χ0v) is 12.9. The molecule has 0 atom stereocenters. The molecule has 1 fully saturated rings. The van der Waals surface area contributed by atoms with E-state index in [-0.39, 0.29) is 5.91 Å². The predicted octanol–water partition coefficient (Wildman–Crippen LogP) is 3.37. The fraction of sp³-hybridized carbons (Fsp3) is 0.235. The van der Waals surface area contributed by atoms with E-state index in [2.05, 4.69) is 22.5 Å². The molecular weight excluding hydrogens is 296 g/mol. The quantitative estimate of drug-likeness (QED) is 0.788. The number of hydrogen-bond donors (Lipinski definition) is 1. The molecular formula is C17H16N2O2S. The Bertz CT molecular complexity index is 815. The second-order valence-corrected chi connectivity index (χ2v) is 6.26. The Labute approximate surface area is 132 Å². The van der Waals surface area contributed by atoms with Gasteiger partial charge in [0.05, 0.1) is 13.2 Å². The maximum atomic E-state index is 12.5. The van der Waals surface area contributed by atoms with Gasteiger partial charge in [0, 0.05) is 40.5 Å². The second kappa shape index (κ2) is 5.59. The Balaban J connectivity index is 1.65. The molecule has 1 saturated heterocycles. The van der Waals surface area contributed by atoms with Crippen molar-refractivity contribution in [3.63, 3.8) is 0 Å². The monoisotopic (exact) mass is 312 g/mol. The number of hydrogen-bond acceptors (Lipinski definition) is 3. The number of rotatable bonds is 2. The molecule has 2 aromatic heterocycles. The molecule has 0 aliphatic carbocycles. The van der Waals surface area contributed by atoms with Gasteiger partial charge >= 0.3 is 0 Å². The van der Waals surface area contributed by atoms with Crippen LogP contribution in [-0.2, 0) is 4.74 Å². The number of aromatic nitrogens is 1. The fourth-order valence-electron chi connectivity index (χ4n) is 2.81. The molecule has 1 aliphatic rings. The van der Waals surface area contributed by atoms with Crippen LogP contribution in [0.4, 0.5) is 0 Å². The van der Waals surface area contributed by atoms with E-state index in [1.807, 2.05) is 29.3 Å². The van der Waals surface area contributed by atoms with Gasteiger partial charge in [-0.3, -0.25) is 4.79 Å². The molecule has 4 rings (SSSR count). The van der Waals surface area contributed by atoms with Gasteiger partial charge in [0.25, 0.3) is 5.91 Å². The van der Waals surface area contributed by atoms with Crippen molar-refractivity contribution in [2.45, 2.75) is 0 Å². The van der Waals surface area contributed by atoms with Crippen LogP contribution < -0.4 is 0 Å².